The van der Waals surface area contributed by atoms with Gasteiger partial charge in [0.1, 0.15) is 17.3 Å². The molecule has 2 aromatic rings. The summed E-state index contributed by atoms with van der Waals surface area (Å²) in [5.74, 6) is 1.11. The average Bonchev–Trinajstić information content (AvgIpc) is 3.15. The number of carbonyl (C=O) groups is 1. The number of benzene rings is 2. The molecule has 3 rings (SSSR count). The second-order valence-electron chi connectivity index (χ2n) is 6.25. The SMILES string of the molecule is COc1ccc(C2CCCN2C(=O)NCc2cccc(F)c2)c(OC)c1. The van der Waals surface area contributed by atoms with Crippen LogP contribution in [0.25, 0.3) is 0 Å². The van der Waals surface area contributed by atoms with E-state index in [1.807, 2.05) is 23.1 Å². The second-order valence-corrected chi connectivity index (χ2v) is 6.25. The highest BCUT2D eigenvalue weighted by molar-refractivity contribution is 5.75. The smallest absolute Gasteiger partial charge is 0.318 e. The summed E-state index contributed by atoms with van der Waals surface area (Å²) in [6.45, 7) is 0.967. The first-order valence-corrected chi connectivity index (χ1v) is 8.63. The van der Waals surface area contributed by atoms with E-state index in [4.69, 9.17) is 9.47 Å². The number of nitrogens with zero attached hydrogens (tertiary/aromatic N) is 1. The Kier molecular flexibility index (Phi) is 5.61. The summed E-state index contributed by atoms with van der Waals surface area (Å²) < 4.78 is 24.0. The normalized spacial score (nSPS) is 16.4. The number of ether oxygens (including phenoxy) is 2. The van der Waals surface area contributed by atoms with E-state index >= 15 is 0 Å². The molecule has 1 heterocycles. The van der Waals surface area contributed by atoms with Crippen LogP contribution in [-0.4, -0.2) is 31.7 Å². The molecule has 1 saturated heterocycles. The molecule has 6 heteroatoms. The monoisotopic (exact) mass is 358 g/mol. The van der Waals surface area contributed by atoms with Crippen molar-refractivity contribution in [1.82, 2.24) is 10.2 Å². The van der Waals surface area contributed by atoms with Crippen LogP contribution in [0.4, 0.5) is 9.18 Å². The van der Waals surface area contributed by atoms with E-state index < -0.39 is 0 Å². The summed E-state index contributed by atoms with van der Waals surface area (Å²) in [6.07, 6.45) is 1.79. The Morgan fingerprint density at radius 1 is 1.23 bits per heavy atom. The van der Waals surface area contributed by atoms with Gasteiger partial charge in [-0.15, -0.1) is 0 Å². The van der Waals surface area contributed by atoms with Crippen molar-refractivity contribution in [3.63, 3.8) is 0 Å². The van der Waals surface area contributed by atoms with Crippen LogP contribution in [0, 0.1) is 5.82 Å². The van der Waals surface area contributed by atoms with E-state index in [9.17, 15) is 9.18 Å². The lowest BCUT2D eigenvalue weighted by Crippen LogP contribution is -2.39. The number of methoxy groups -OCH3 is 2. The van der Waals surface area contributed by atoms with Gasteiger partial charge in [-0.1, -0.05) is 12.1 Å². The van der Waals surface area contributed by atoms with Crippen molar-refractivity contribution in [3.8, 4) is 11.5 Å². The highest BCUT2D eigenvalue weighted by Crippen LogP contribution is 2.38. The Morgan fingerprint density at radius 2 is 2.08 bits per heavy atom. The highest BCUT2D eigenvalue weighted by Gasteiger charge is 2.31. The summed E-state index contributed by atoms with van der Waals surface area (Å²) in [7, 11) is 3.22. The van der Waals surface area contributed by atoms with Gasteiger partial charge in [0.2, 0.25) is 0 Å². The fourth-order valence-corrected chi connectivity index (χ4v) is 3.35. The van der Waals surface area contributed by atoms with E-state index in [-0.39, 0.29) is 17.9 Å². The lowest BCUT2D eigenvalue weighted by molar-refractivity contribution is 0.191. The fraction of sp³-hybridized carbons (Fsp3) is 0.350. The van der Waals surface area contributed by atoms with Gasteiger partial charge >= 0.3 is 6.03 Å². The maximum atomic E-state index is 13.3. The Bertz CT molecular complexity index is 781. The molecule has 0 bridgehead atoms. The summed E-state index contributed by atoms with van der Waals surface area (Å²) in [5, 5.41) is 2.88. The molecule has 1 atom stereocenters. The van der Waals surface area contributed by atoms with Gasteiger partial charge in [0.15, 0.2) is 0 Å². The zero-order valence-electron chi connectivity index (χ0n) is 15.0. The predicted molar refractivity (Wildman–Crippen MR) is 96.9 cm³/mol. The van der Waals surface area contributed by atoms with Crippen molar-refractivity contribution in [2.75, 3.05) is 20.8 Å². The van der Waals surface area contributed by atoms with Gasteiger partial charge in [0.05, 0.1) is 20.3 Å². The van der Waals surface area contributed by atoms with E-state index in [0.717, 1.165) is 24.0 Å². The molecule has 1 aliphatic heterocycles. The molecule has 1 aliphatic rings. The molecule has 138 valence electrons. The molecule has 5 nitrogen and oxygen atoms in total. The van der Waals surface area contributed by atoms with E-state index in [0.29, 0.717) is 24.6 Å². The van der Waals surface area contributed by atoms with Crippen molar-refractivity contribution in [3.05, 3.63) is 59.4 Å². The number of nitrogens with one attached hydrogen (secondary N) is 1. The van der Waals surface area contributed by atoms with Crippen LogP contribution in [0.1, 0.15) is 30.0 Å². The van der Waals surface area contributed by atoms with Gasteiger partial charge < -0.3 is 19.7 Å². The maximum absolute atomic E-state index is 13.3. The van der Waals surface area contributed by atoms with Crippen molar-refractivity contribution >= 4 is 6.03 Å². The van der Waals surface area contributed by atoms with Gasteiger partial charge in [0.25, 0.3) is 0 Å². The molecule has 1 unspecified atom stereocenters. The third kappa shape index (κ3) is 3.90. The van der Waals surface area contributed by atoms with Crippen molar-refractivity contribution in [2.45, 2.75) is 25.4 Å². The summed E-state index contributed by atoms with van der Waals surface area (Å²) in [4.78, 5) is 14.5. The molecular formula is C20H23FN2O3. The van der Waals surface area contributed by atoms with Crippen LogP contribution in [0.3, 0.4) is 0 Å². The number of hydrogen-bond donors (Lipinski definition) is 1. The van der Waals surface area contributed by atoms with Crippen LogP contribution in [0.5, 0.6) is 11.5 Å². The third-order valence-corrected chi connectivity index (χ3v) is 4.65. The maximum Gasteiger partial charge on any atom is 0.318 e. The molecule has 1 N–H and O–H groups in total. The van der Waals surface area contributed by atoms with Crippen molar-refractivity contribution < 1.29 is 18.7 Å². The molecular weight excluding hydrogens is 335 g/mol. The number of likely N-dealkylation sites (tertiary alicyclic amines) is 1. The summed E-state index contributed by atoms with van der Waals surface area (Å²) in [5.41, 5.74) is 1.70. The van der Waals surface area contributed by atoms with Gasteiger partial charge in [-0.25, -0.2) is 9.18 Å². The van der Waals surface area contributed by atoms with E-state index in [2.05, 4.69) is 5.32 Å². The van der Waals surface area contributed by atoms with Crippen LogP contribution in [-0.2, 0) is 6.54 Å². The quantitative estimate of drug-likeness (QED) is 0.882. The van der Waals surface area contributed by atoms with Gasteiger partial charge in [-0.05, 0) is 42.7 Å². The number of carbonyl (C=O) groups excluding carboxylic acids is 1. The minimum Gasteiger partial charge on any atom is -0.497 e. The highest BCUT2D eigenvalue weighted by atomic mass is 19.1. The minimum atomic E-state index is -0.307. The van der Waals surface area contributed by atoms with Crippen LogP contribution < -0.4 is 14.8 Å². The number of urea groups is 1. The molecule has 0 aromatic heterocycles. The van der Waals surface area contributed by atoms with Gasteiger partial charge in [-0.3, -0.25) is 0 Å². The molecule has 2 aromatic carbocycles. The predicted octanol–water partition coefficient (Wildman–Crippen LogP) is 3.89. The minimum absolute atomic E-state index is 0.0524. The molecule has 0 spiro atoms. The number of rotatable bonds is 5. The molecule has 1 fully saturated rings. The third-order valence-electron chi connectivity index (χ3n) is 4.65. The first kappa shape index (κ1) is 18.0. The molecule has 0 saturated carbocycles. The average molecular weight is 358 g/mol. The first-order chi connectivity index (χ1) is 12.6. The van der Waals surface area contributed by atoms with E-state index in [1.165, 1.54) is 12.1 Å². The first-order valence-electron chi connectivity index (χ1n) is 8.63. The van der Waals surface area contributed by atoms with Crippen molar-refractivity contribution in [2.24, 2.45) is 0 Å². The lowest BCUT2D eigenvalue weighted by Gasteiger charge is -2.26. The Hall–Kier alpha value is -2.76. The Morgan fingerprint density at radius 3 is 2.81 bits per heavy atom. The van der Waals surface area contributed by atoms with Crippen LogP contribution in [0.2, 0.25) is 0 Å². The topological polar surface area (TPSA) is 50.8 Å². The van der Waals surface area contributed by atoms with Crippen LogP contribution in [0.15, 0.2) is 42.5 Å². The largest absolute Gasteiger partial charge is 0.497 e. The molecule has 26 heavy (non-hydrogen) atoms. The van der Waals surface area contributed by atoms with Crippen LogP contribution >= 0.6 is 0 Å². The van der Waals surface area contributed by atoms with E-state index in [1.54, 1.807) is 26.4 Å². The second kappa shape index (κ2) is 8.08. The molecule has 0 radical (unpaired) electrons. The molecule has 2 amide bonds. The Labute approximate surface area is 152 Å². The Balaban J connectivity index is 1.72. The van der Waals surface area contributed by atoms with Crippen molar-refractivity contribution in [1.29, 1.82) is 0 Å². The standard InChI is InChI=1S/C20H23FN2O3/c1-25-16-8-9-17(19(12-16)26-2)18-7-4-10-23(18)20(24)22-13-14-5-3-6-15(21)11-14/h3,5-6,8-9,11-12,18H,4,7,10,13H2,1-2H3,(H,22,24). The number of hydrogen-bond acceptors (Lipinski definition) is 3. The van der Waals surface area contributed by atoms with Gasteiger partial charge in [0, 0.05) is 24.7 Å². The summed E-state index contributed by atoms with van der Waals surface area (Å²) >= 11 is 0. The lowest BCUT2D eigenvalue weighted by atomic mass is 10.0. The fourth-order valence-electron chi connectivity index (χ4n) is 3.35. The molecule has 0 aliphatic carbocycles. The zero-order valence-corrected chi connectivity index (χ0v) is 15.0. The van der Waals surface area contributed by atoms with Gasteiger partial charge in [-0.2, -0.15) is 0 Å². The number of halogens is 1. The number of amides is 2. The zero-order chi connectivity index (χ0) is 18.5. The summed E-state index contributed by atoms with van der Waals surface area (Å²) in [6, 6.07) is 11.7.